The van der Waals surface area contributed by atoms with Crippen molar-refractivity contribution in [2.24, 2.45) is 5.92 Å². The minimum absolute atomic E-state index is 0.347. The fourth-order valence-electron chi connectivity index (χ4n) is 2.09. The van der Waals surface area contributed by atoms with Gasteiger partial charge >= 0.3 is 0 Å². The number of rotatable bonds is 7. The SMILES string of the molecule is CCOCCN(C)CC(=O)C1CCCC1. The Morgan fingerprint density at radius 3 is 2.67 bits per heavy atom. The molecule has 0 aromatic rings. The lowest BCUT2D eigenvalue weighted by Crippen LogP contribution is -2.32. The highest BCUT2D eigenvalue weighted by atomic mass is 16.5. The van der Waals surface area contributed by atoms with Gasteiger partial charge in [0.1, 0.15) is 5.78 Å². The van der Waals surface area contributed by atoms with Crippen LogP contribution in [0, 0.1) is 5.92 Å². The quantitative estimate of drug-likeness (QED) is 0.603. The first-order valence-corrected chi connectivity index (χ1v) is 6.03. The Kier molecular flexibility index (Phi) is 5.88. The summed E-state index contributed by atoms with van der Waals surface area (Å²) in [5, 5.41) is 0. The molecule has 0 unspecified atom stereocenters. The van der Waals surface area contributed by atoms with Gasteiger partial charge < -0.3 is 4.74 Å². The van der Waals surface area contributed by atoms with Crippen LogP contribution in [0.5, 0.6) is 0 Å². The summed E-state index contributed by atoms with van der Waals surface area (Å²) >= 11 is 0. The highest BCUT2D eigenvalue weighted by Crippen LogP contribution is 2.25. The van der Waals surface area contributed by atoms with Crippen molar-refractivity contribution in [3.8, 4) is 0 Å². The molecule has 3 heteroatoms. The maximum absolute atomic E-state index is 11.8. The van der Waals surface area contributed by atoms with Crippen molar-refractivity contribution in [1.82, 2.24) is 4.90 Å². The van der Waals surface area contributed by atoms with Gasteiger partial charge in [-0.2, -0.15) is 0 Å². The normalized spacial score (nSPS) is 17.5. The molecule has 1 rings (SSSR count). The van der Waals surface area contributed by atoms with E-state index in [-0.39, 0.29) is 0 Å². The predicted molar refractivity (Wildman–Crippen MR) is 61.0 cm³/mol. The third kappa shape index (κ3) is 4.76. The molecule has 1 saturated carbocycles. The molecular formula is C12H23NO2. The summed E-state index contributed by atoms with van der Waals surface area (Å²) in [5.74, 6) is 0.769. The van der Waals surface area contributed by atoms with E-state index in [9.17, 15) is 4.79 Å². The zero-order valence-electron chi connectivity index (χ0n) is 10.00. The van der Waals surface area contributed by atoms with Crippen LogP contribution >= 0.6 is 0 Å². The van der Waals surface area contributed by atoms with Crippen molar-refractivity contribution in [1.29, 1.82) is 0 Å². The van der Waals surface area contributed by atoms with Crippen LogP contribution in [-0.2, 0) is 9.53 Å². The van der Waals surface area contributed by atoms with Crippen LogP contribution in [0.4, 0.5) is 0 Å². The summed E-state index contributed by atoms with van der Waals surface area (Å²) in [7, 11) is 1.99. The van der Waals surface area contributed by atoms with Crippen LogP contribution in [0.25, 0.3) is 0 Å². The Balaban J connectivity index is 2.13. The molecule has 0 aliphatic heterocycles. The molecule has 3 nitrogen and oxygen atoms in total. The number of likely N-dealkylation sites (N-methyl/N-ethyl adjacent to an activating group) is 1. The van der Waals surface area contributed by atoms with E-state index >= 15 is 0 Å². The van der Waals surface area contributed by atoms with E-state index in [0.29, 0.717) is 18.2 Å². The number of carbonyl (C=O) groups is 1. The third-order valence-corrected chi connectivity index (χ3v) is 3.06. The van der Waals surface area contributed by atoms with Gasteiger partial charge in [-0.25, -0.2) is 0 Å². The second kappa shape index (κ2) is 6.96. The number of carbonyl (C=O) groups excluding carboxylic acids is 1. The lowest BCUT2D eigenvalue weighted by Gasteiger charge is -2.17. The number of ketones is 1. The van der Waals surface area contributed by atoms with E-state index in [2.05, 4.69) is 4.90 Å². The minimum Gasteiger partial charge on any atom is -0.380 e. The van der Waals surface area contributed by atoms with Crippen molar-refractivity contribution in [3.05, 3.63) is 0 Å². The van der Waals surface area contributed by atoms with Gasteiger partial charge in [-0.3, -0.25) is 9.69 Å². The monoisotopic (exact) mass is 213 g/mol. The van der Waals surface area contributed by atoms with Gasteiger partial charge in [-0.15, -0.1) is 0 Å². The summed E-state index contributed by atoms with van der Waals surface area (Å²) in [6.45, 7) is 4.92. The van der Waals surface area contributed by atoms with Crippen LogP contribution in [0.1, 0.15) is 32.6 Å². The lowest BCUT2D eigenvalue weighted by atomic mass is 10.0. The largest absolute Gasteiger partial charge is 0.380 e. The zero-order chi connectivity index (χ0) is 11.1. The average Bonchev–Trinajstić information content (AvgIpc) is 2.70. The van der Waals surface area contributed by atoms with Gasteiger partial charge in [-0.05, 0) is 26.8 Å². The molecule has 0 amide bonds. The van der Waals surface area contributed by atoms with Crippen molar-refractivity contribution in [2.45, 2.75) is 32.6 Å². The van der Waals surface area contributed by atoms with Crippen molar-refractivity contribution in [2.75, 3.05) is 33.4 Å². The summed E-state index contributed by atoms with van der Waals surface area (Å²) in [6, 6.07) is 0. The molecule has 1 aliphatic rings. The summed E-state index contributed by atoms with van der Waals surface area (Å²) in [6.07, 6.45) is 4.69. The van der Waals surface area contributed by atoms with E-state index in [0.717, 1.165) is 32.6 Å². The fourth-order valence-corrected chi connectivity index (χ4v) is 2.09. The molecular weight excluding hydrogens is 190 g/mol. The van der Waals surface area contributed by atoms with Crippen molar-refractivity contribution in [3.63, 3.8) is 0 Å². The highest BCUT2D eigenvalue weighted by Gasteiger charge is 2.22. The fraction of sp³-hybridized carbons (Fsp3) is 0.917. The molecule has 0 aromatic carbocycles. The Hall–Kier alpha value is -0.410. The lowest BCUT2D eigenvalue weighted by molar-refractivity contribution is -0.123. The third-order valence-electron chi connectivity index (χ3n) is 3.06. The van der Waals surface area contributed by atoms with Crippen LogP contribution in [0.3, 0.4) is 0 Å². The van der Waals surface area contributed by atoms with Gasteiger partial charge in [0.05, 0.1) is 13.2 Å². The van der Waals surface area contributed by atoms with E-state index < -0.39 is 0 Å². The van der Waals surface area contributed by atoms with Crippen LogP contribution in [0.2, 0.25) is 0 Å². The molecule has 15 heavy (non-hydrogen) atoms. The number of hydrogen-bond donors (Lipinski definition) is 0. The first-order valence-electron chi connectivity index (χ1n) is 6.03. The van der Waals surface area contributed by atoms with Gasteiger partial charge in [0.2, 0.25) is 0 Å². The summed E-state index contributed by atoms with van der Waals surface area (Å²) < 4.78 is 5.26. The van der Waals surface area contributed by atoms with Crippen LogP contribution in [-0.4, -0.2) is 44.0 Å². The average molecular weight is 213 g/mol. The number of nitrogens with zero attached hydrogens (tertiary/aromatic N) is 1. The Labute approximate surface area is 92.8 Å². The highest BCUT2D eigenvalue weighted by molar-refractivity contribution is 5.83. The molecule has 0 bridgehead atoms. The molecule has 0 saturated heterocycles. The molecule has 88 valence electrons. The van der Waals surface area contributed by atoms with Gasteiger partial charge in [0, 0.05) is 19.1 Å². The number of Topliss-reactive ketones (excluding diaryl/α,β-unsaturated/α-hetero) is 1. The number of ether oxygens (including phenoxy) is 1. The Bertz CT molecular complexity index is 188. The minimum atomic E-state index is 0.347. The number of hydrogen-bond acceptors (Lipinski definition) is 3. The molecule has 0 heterocycles. The maximum atomic E-state index is 11.8. The van der Waals surface area contributed by atoms with Gasteiger partial charge in [0.25, 0.3) is 0 Å². The zero-order valence-corrected chi connectivity index (χ0v) is 10.00. The topological polar surface area (TPSA) is 29.5 Å². The van der Waals surface area contributed by atoms with E-state index in [1.807, 2.05) is 14.0 Å². The van der Waals surface area contributed by atoms with E-state index in [1.165, 1.54) is 12.8 Å². The Morgan fingerprint density at radius 2 is 2.07 bits per heavy atom. The molecule has 0 atom stereocenters. The summed E-state index contributed by atoms with van der Waals surface area (Å²) in [5.41, 5.74) is 0. The summed E-state index contributed by atoms with van der Waals surface area (Å²) in [4.78, 5) is 13.9. The first-order chi connectivity index (χ1) is 7.24. The van der Waals surface area contributed by atoms with Gasteiger partial charge in [0.15, 0.2) is 0 Å². The second-order valence-corrected chi connectivity index (χ2v) is 4.38. The van der Waals surface area contributed by atoms with E-state index in [1.54, 1.807) is 0 Å². The molecule has 0 spiro atoms. The molecule has 0 radical (unpaired) electrons. The molecule has 0 aromatic heterocycles. The predicted octanol–water partition coefficient (Wildman–Crippen LogP) is 1.71. The second-order valence-electron chi connectivity index (χ2n) is 4.38. The van der Waals surface area contributed by atoms with Crippen molar-refractivity contribution < 1.29 is 9.53 Å². The van der Waals surface area contributed by atoms with Gasteiger partial charge in [-0.1, -0.05) is 12.8 Å². The smallest absolute Gasteiger partial charge is 0.149 e. The Morgan fingerprint density at radius 1 is 1.40 bits per heavy atom. The van der Waals surface area contributed by atoms with Crippen LogP contribution in [0.15, 0.2) is 0 Å². The molecule has 1 fully saturated rings. The first kappa shape index (κ1) is 12.7. The molecule has 0 N–H and O–H groups in total. The van der Waals surface area contributed by atoms with Crippen LogP contribution < -0.4 is 0 Å². The maximum Gasteiger partial charge on any atom is 0.149 e. The molecule has 1 aliphatic carbocycles. The van der Waals surface area contributed by atoms with E-state index in [4.69, 9.17) is 4.74 Å². The standard InChI is InChI=1S/C12H23NO2/c1-3-15-9-8-13(2)10-12(14)11-6-4-5-7-11/h11H,3-10H2,1-2H3. The van der Waals surface area contributed by atoms with Crippen molar-refractivity contribution >= 4 is 5.78 Å².